The van der Waals surface area contributed by atoms with Gasteiger partial charge >= 0.3 is 12.0 Å². The summed E-state index contributed by atoms with van der Waals surface area (Å²) in [5, 5.41) is 8.85. The zero-order valence-corrected chi connectivity index (χ0v) is 12.0. The molecule has 1 saturated heterocycles. The first kappa shape index (κ1) is 15.3. The maximum atomic E-state index is 13.7. The van der Waals surface area contributed by atoms with Gasteiger partial charge in [0, 0.05) is 26.6 Å². The molecule has 2 amide bonds. The Morgan fingerprint density at radius 1 is 1.43 bits per heavy atom. The van der Waals surface area contributed by atoms with Crippen molar-refractivity contribution in [2.45, 2.75) is 19.3 Å². The first-order valence-electron chi connectivity index (χ1n) is 6.98. The molecular formula is C15H19FN2O3. The predicted octanol–water partition coefficient (Wildman–Crippen LogP) is 2.57. The van der Waals surface area contributed by atoms with Crippen molar-refractivity contribution in [3.05, 3.63) is 30.1 Å². The molecule has 1 aromatic rings. The van der Waals surface area contributed by atoms with E-state index >= 15 is 0 Å². The highest BCUT2D eigenvalue weighted by atomic mass is 19.1. The molecule has 114 valence electrons. The van der Waals surface area contributed by atoms with Gasteiger partial charge < -0.3 is 10.0 Å². The van der Waals surface area contributed by atoms with Crippen LogP contribution in [0.5, 0.6) is 0 Å². The molecule has 0 bridgehead atoms. The Morgan fingerprint density at radius 3 is 2.81 bits per heavy atom. The summed E-state index contributed by atoms with van der Waals surface area (Å²) in [4.78, 5) is 26.1. The van der Waals surface area contributed by atoms with Gasteiger partial charge in [0.05, 0.1) is 5.69 Å². The Morgan fingerprint density at radius 2 is 2.14 bits per heavy atom. The van der Waals surface area contributed by atoms with Crippen LogP contribution in [0.1, 0.15) is 19.3 Å². The molecule has 0 spiro atoms. The highest BCUT2D eigenvalue weighted by Gasteiger charge is 2.28. The zero-order chi connectivity index (χ0) is 15.4. The minimum atomic E-state index is -0.850. The molecule has 1 N–H and O–H groups in total. The number of halogens is 1. The maximum absolute atomic E-state index is 13.7. The molecule has 1 unspecified atom stereocenters. The lowest BCUT2D eigenvalue weighted by Crippen LogP contribution is -2.46. The Kier molecular flexibility index (Phi) is 4.77. The normalized spacial score (nSPS) is 18.4. The monoisotopic (exact) mass is 294 g/mol. The van der Waals surface area contributed by atoms with Gasteiger partial charge in [0.2, 0.25) is 0 Å². The number of aliphatic carboxylic acids is 1. The summed E-state index contributed by atoms with van der Waals surface area (Å²) >= 11 is 0. The van der Waals surface area contributed by atoms with Crippen molar-refractivity contribution in [1.82, 2.24) is 4.90 Å². The number of nitrogens with zero attached hydrogens (tertiary/aromatic N) is 2. The number of para-hydroxylation sites is 1. The van der Waals surface area contributed by atoms with Gasteiger partial charge in [0.1, 0.15) is 5.82 Å². The molecular weight excluding hydrogens is 275 g/mol. The van der Waals surface area contributed by atoms with Crippen LogP contribution >= 0.6 is 0 Å². The average Bonchev–Trinajstić information content (AvgIpc) is 2.46. The third kappa shape index (κ3) is 3.71. The number of amides is 2. The van der Waals surface area contributed by atoms with E-state index in [2.05, 4.69) is 0 Å². The molecule has 1 aliphatic rings. The van der Waals surface area contributed by atoms with E-state index in [0.29, 0.717) is 13.1 Å². The van der Waals surface area contributed by atoms with E-state index in [4.69, 9.17) is 5.11 Å². The Hall–Kier alpha value is -2.11. The van der Waals surface area contributed by atoms with Crippen molar-refractivity contribution >= 4 is 17.7 Å². The van der Waals surface area contributed by atoms with Gasteiger partial charge in [-0.05, 0) is 30.9 Å². The van der Waals surface area contributed by atoms with Gasteiger partial charge in [-0.2, -0.15) is 0 Å². The molecule has 1 heterocycles. The van der Waals surface area contributed by atoms with Gasteiger partial charge in [-0.3, -0.25) is 9.69 Å². The van der Waals surface area contributed by atoms with E-state index in [1.54, 1.807) is 23.1 Å². The number of piperidine rings is 1. The molecule has 1 fully saturated rings. The first-order valence-corrected chi connectivity index (χ1v) is 6.98. The number of likely N-dealkylation sites (tertiary alicyclic amines) is 1. The molecule has 2 rings (SSSR count). The van der Waals surface area contributed by atoms with Crippen molar-refractivity contribution in [3.63, 3.8) is 0 Å². The Balaban J connectivity index is 2.05. The number of carbonyl (C=O) groups excluding carboxylic acids is 1. The largest absolute Gasteiger partial charge is 0.481 e. The summed E-state index contributed by atoms with van der Waals surface area (Å²) in [6.07, 6.45) is 1.64. The van der Waals surface area contributed by atoms with E-state index in [0.717, 1.165) is 12.8 Å². The molecule has 0 radical (unpaired) electrons. The summed E-state index contributed by atoms with van der Waals surface area (Å²) in [7, 11) is 1.53. The van der Waals surface area contributed by atoms with Crippen LogP contribution in [0.2, 0.25) is 0 Å². The average molecular weight is 294 g/mol. The van der Waals surface area contributed by atoms with Crippen molar-refractivity contribution in [2.75, 3.05) is 25.0 Å². The molecule has 0 aliphatic carbocycles. The first-order chi connectivity index (χ1) is 9.99. The van der Waals surface area contributed by atoms with E-state index in [9.17, 15) is 14.0 Å². The van der Waals surface area contributed by atoms with Crippen LogP contribution in [0, 0.1) is 11.7 Å². The summed E-state index contributed by atoms with van der Waals surface area (Å²) in [6, 6.07) is 5.80. The van der Waals surface area contributed by atoms with Crippen LogP contribution in [0.25, 0.3) is 0 Å². The fraction of sp³-hybridized carbons (Fsp3) is 0.467. The van der Waals surface area contributed by atoms with Crippen LogP contribution in [0.15, 0.2) is 24.3 Å². The number of rotatable bonds is 3. The molecule has 21 heavy (non-hydrogen) atoms. The van der Waals surface area contributed by atoms with Crippen LogP contribution in [-0.4, -0.2) is 42.1 Å². The molecule has 1 aliphatic heterocycles. The van der Waals surface area contributed by atoms with Crippen LogP contribution in [0.3, 0.4) is 0 Å². The number of urea groups is 1. The van der Waals surface area contributed by atoms with Gasteiger partial charge in [0.15, 0.2) is 0 Å². The van der Waals surface area contributed by atoms with Crippen molar-refractivity contribution < 1.29 is 19.1 Å². The minimum absolute atomic E-state index is 0.0331. The van der Waals surface area contributed by atoms with Gasteiger partial charge in [-0.25, -0.2) is 9.18 Å². The van der Waals surface area contributed by atoms with Crippen LogP contribution in [-0.2, 0) is 4.79 Å². The standard InChI is InChI=1S/C15H19FN2O3/c1-17(13-7-3-2-6-12(13)16)15(21)18-8-4-5-11(10-18)9-14(19)20/h2-3,6-7,11H,4-5,8-10H2,1H3,(H,19,20). The maximum Gasteiger partial charge on any atom is 0.324 e. The van der Waals surface area contributed by atoms with E-state index in [-0.39, 0.29) is 24.1 Å². The van der Waals surface area contributed by atoms with Gasteiger partial charge in [-0.1, -0.05) is 12.1 Å². The quantitative estimate of drug-likeness (QED) is 0.932. The lowest BCUT2D eigenvalue weighted by atomic mass is 9.95. The minimum Gasteiger partial charge on any atom is -0.481 e. The number of anilines is 1. The molecule has 6 heteroatoms. The van der Waals surface area contributed by atoms with E-state index in [1.165, 1.54) is 18.0 Å². The fourth-order valence-electron chi connectivity index (χ4n) is 2.69. The van der Waals surface area contributed by atoms with Gasteiger partial charge in [0.25, 0.3) is 0 Å². The third-order valence-corrected chi connectivity index (χ3v) is 3.75. The molecule has 1 aromatic carbocycles. The second-order valence-electron chi connectivity index (χ2n) is 5.35. The number of hydrogen-bond acceptors (Lipinski definition) is 2. The topological polar surface area (TPSA) is 60.9 Å². The molecule has 5 nitrogen and oxygen atoms in total. The van der Waals surface area contributed by atoms with Crippen LogP contribution < -0.4 is 4.90 Å². The summed E-state index contributed by atoms with van der Waals surface area (Å²) in [6.45, 7) is 0.984. The Labute approximate surface area is 123 Å². The van der Waals surface area contributed by atoms with Crippen molar-refractivity contribution in [1.29, 1.82) is 0 Å². The molecule has 0 saturated carbocycles. The van der Waals surface area contributed by atoms with Gasteiger partial charge in [-0.15, -0.1) is 0 Å². The number of carboxylic acid groups (broad SMARTS) is 1. The summed E-state index contributed by atoms with van der Waals surface area (Å²) in [5.41, 5.74) is 0.225. The Bertz CT molecular complexity index is 535. The van der Waals surface area contributed by atoms with Crippen molar-refractivity contribution in [2.24, 2.45) is 5.92 Å². The SMILES string of the molecule is CN(C(=O)N1CCCC(CC(=O)O)C1)c1ccccc1F. The van der Waals surface area contributed by atoms with Crippen LogP contribution in [0.4, 0.5) is 14.9 Å². The van der Waals surface area contributed by atoms with E-state index < -0.39 is 11.8 Å². The van der Waals surface area contributed by atoms with E-state index in [1.807, 2.05) is 0 Å². The number of benzene rings is 1. The zero-order valence-electron chi connectivity index (χ0n) is 12.0. The smallest absolute Gasteiger partial charge is 0.324 e. The second kappa shape index (κ2) is 6.56. The highest BCUT2D eigenvalue weighted by molar-refractivity contribution is 5.91. The molecule has 1 atom stereocenters. The second-order valence-corrected chi connectivity index (χ2v) is 5.35. The third-order valence-electron chi connectivity index (χ3n) is 3.75. The summed E-state index contributed by atoms with van der Waals surface area (Å²) < 4.78 is 13.7. The fourth-order valence-corrected chi connectivity index (χ4v) is 2.69. The predicted molar refractivity (Wildman–Crippen MR) is 76.7 cm³/mol. The number of hydrogen-bond donors (Lipinski definition) is 1. The van der Waals surface area contributed by atoms with Crippen molar-refractivity contribution in [3.8, 4) is 0 Å². The number of carbonyl (C=O) groups is 2. The summed E-state index contributed by atoms with van der Waals surface area (Å²) in [5.74, 6) is -1.33. The number of carboxylic acids is 1. The highest BCUT2D eigenvalue weighted by Crippen LogP contribution is 2.23. The lowest BCUT2D eigenvalue weighted by Gasteiger charge is -2.34. The lowest BCUT2D eigenvalue weighted by molar-refractivity contribution is -0.138. The molecule has 0 aromatic heterocycles.